The zero-order valence-corrected chi connectivity index (χ0v) is 14.1. The Hall–Kier alpha value is 0.0600. The number of rotatable bonds is 6. The van der Waals surface area contributed by atoms with Gasteiger partial charge in [-0.05, 0) is 42.0 Å². The van der Waals surface area contributed by atoms with Gasteiger partial charge in [-0.25, -0.2) is 0 Å². The van der Waals surface area contributed by atoms with Crippen LogP contribution in [0.15, 0.2) is 15.9 Å². The summed E-state index contributed by atoms with van der Waals surface area (Å²) in [4.78, 5) is 3.81. The van der Waals surface area contributed by atoms with E-state index in [1.165, 1.54) is 9.35 Å². The minimum absolute atomic E-state index is 0.599. The summed E-state index contributed by atoms with van der Waals surface area (Å²) < 4.78 is 6.83. The third-order valence-electron chi connectivity index (χ3n) is 3.53. The molecule has 108 valence electrons. The lowest BCUT2D eigenvalue weighted by molar-refractivity contribution is 0.0194. The van der Waals surface area contributed by atoms with Crippen molar-refractivity contribution in [3.05, 3.63) is 20.8 Å². The van der Waals surface area contributed by atoms with Gasteiger partial charge < -0.3 is 15.0 Å². The number of hydrogen-bond acceptors (Lipinski definition) is 4. The maximum absolute atomic E-state index is 5.64. The monoisotopic (exact) mass is 346 g/mol. The maximum atomic E-state index is 5.64. The van der Waals surface area contributed by atoms with Crippen LogP contribution in [0.4, 0.5) is 0 Å². The molecule has 2 rings (SSSR count). The van der Waals surface area contributed by atoms with Crippen molar-refractivity contribution in [1.29, 1.82) is 0 Å². The second-order valence-electron chi connectivity index (χ2n) is 5.22. The lowest BCUT2D eigenvalue weighted by Crippen LogP contribution is -2.47. The van der Waals surface area contributed by atoms with Gasteiger partial charge in [-0.2, -0.15) is 0 Å². The molecule has 0 spiro atoms. The Balaban J connectivity index is 1.84. The van der Waals surface area contributed by atoms with Crippen LogP contribution in [0.25, 0.3) is 0 Å². The van der Waals surface area contributed by atoms with Gasteiger partial charge in [0, 0.05) is 46.4 Å². The molecule has 5 heteroatoms. The van der Waals surface area contributed by atoms with E-state index >= 15 is 0 Å². The first-order valence-corrected chi connectivity index (χ1v) is 8.59. The predicted octanol–water partition coefficient (Wildman–Crippen LogP) is 2.96. The molecule has 3 nitrogen and oxygen atoms in total. The SMILES string of the molecule is CCNC1CCOCC1CN(C)Cc1cc(Br)cs1. The molecule has 1 aliphatic rings. The van der Waals surface area contributed by atoms with Crippen LogP contribution < -0.4 is 5.32 Å². The van der Waals surface area contributed by atoms with Crippen molar-refractivity contribution in [3.63, 3.8) is 0 Å². The molecule has 1 fully saturated rings. The number of ether oxygens (including phenoxy) is 1. The number of nitrogens with one attached hydrogen (secondary N) is 1. The van der Waals surface area contributed by atoms with Gasteiger partial charge in [-0.15, -0.1) is 11.3 Å². The first-order valence-electron chi connectivity index (χ1n) is 6.91. The number of halogens is 1. The van der Waals surface area contributed by atoms with Gasteiger partial charge in [0.05, 0.1) is 6.61 Å². The molecule has 0 aromatic carbocycles. The molecule has 1 aromatic rings. The average Bonchev–Trinajstić information content (AvgIpc) is 2.77. The molecule has 0 amide bonds. The molecule has 2 heterocycles. The number of hydrogen-bond donors (Lipinski definition) is 1. The highest BCUT2D eigenvalue weighted by Gasteiger charge is 2.26. The Bertz CT molecular complexity index is 383. The third kappa shape index (κ3) is 4.83. The first kappa shape index (κ1) is 15.4. The summed E-state index contributed by atoms with van der Waals surface area (Å²) in [5.41, 5.74) is 0. The van der Waals surface area contributed by atoms with Gasteiger partial charge in [0.15, 0.2) is 0 Å². The van der Waals surface area contributed by atoms with Crippen LogP contribution in [0.3, 0.4) is 0 Å². The second kappa shape index (κ2) is 7.74. The molecule has 2 unspecified atom stereocenters. The van der Waals surface area contributed by atoms with Crippen molar-refractivity contribution in [2.75, 3.05) is 33.4 Å². The summed E-state index contributed by atoms with van der Waals surface area (Å²) in [6.45, 7) is 7.12. The zero-order valence-electron chi connectivity index (χ0n) is 11.7. The molecule has 1 aliphatic heterocycles. The van der Waals surface area contributed by atoms with E-state index in [-0.39, 0.29) is 0 Å². The Morgan fingerprint density at radius 2 is 2.42 bits per heavy atom. The summed E-state index contributed by atoms with van der Waals surface area (Å²) in [6.07, 6.45) is 1.14. The van der Waals surface area contributed by atoms with E-state index in [0.717, 1.165) is 39.3 Å². The summed E-state index contributed by atoms with van der Waals surface area (Å²) in [5, 5.41) is 5.74. The largest absolute Gasteiger partial charge is 0.381 e. The van der Waals surface area contributed by atoms with Gasteiger partial charge in [-0.3, -0.25) is 0 Å². The molecule has 0 bridgehead atoms. The second-order valence-corrected chi connectivity index (χ2v) is 7.13. The molecule has 19 heavy (non-hydrogen) atoms. The van der Waals surface area contributed by atoms with Gasteiger partial charge >= 0.3 is 0 Å². The van der Waals surface area contributed by atoms with Crippen molar-refractivity contribution < 1.29 is 4.74 Å². The summed E-state index contributed by atoms with van der Waals surface area (Å²) in [6, 6.07) is 2.82. The molecule has 0 aliphatic carbocycles. The Morgan fingerprint density at radius 1 is 1.58 bits per heavy atom. The third-order valence-corrected chi connectivity index (χ3v) is 5.22. The van der Waals surface area contributed by atoms with E-state index in [4.69, 9.17) is 4.74 Å². The van der Waals surface area contributed by atoms with Crippen LogP contribution in [0, 0.1) is 5.92 Å². The first-order chi connectivity index (χ1) is 9.19. The minimum Gasteiger partial charge on any atom is -0.381 e. The van der Waals surface area contributed by atoms with Gasteiger partial charge in [0.1, 0.15) is 0 Å². The highest BCUT2D eigenvalue weighted by Crippen LogP contribution is 2.22. The lowest BCUT2D eigenvalue weighted by Gasteiger charge is -2.34. The topological polar surface area (TPSA) is 24.5 Å². The summed E-state index contributed by atoms with van der Waals surface area (Å²) >= 11 is 5.33. The fourth-order valence-electron chi connectivity index (χ4n) is 2.68. The van der Waals surface area contributed by atoms with E-state index in [9.17, 15) is 0 Å². The highest BCUT2D eigenvalue weighted by molar-refractivity contribution is 9.10. The van der Waals surface area contributed by atoms with E-state index in [1.807, 2.05) is 11.3 Å². The Kier molecular flexibility index (Phi) is 6.29. The normalized spacial score (nSPS) is 24.0. The van der Waals surface area contributed by atoms with Crippen molar-refractivity contribution in [1.82, 2.24) is 10.2 Å². The van der Waals surface area contributed by atoms with Crippen LogP contribution in [0.1, 0.15) is 18.2 Å². The van der Waals surface area contributed by atoms with E-state index in [0.29, 0.717) is 12.0 Å². The smallest absolute Gasteiger partial charge is 0.0521 e. The molecular formula is C14H23BrN2OS. The van der Waals surface area contributed by atoms with Gasteiger partial charge in [-0.1, -0.05) is 6.92 Å². The fraction of sp³-hybridized carbons (Fsp3) is 0.714. The predicted molar refractivity (Wildman–Crippen MR) is 84.7 cm³/mol. The van der Waals surface area contributed by atoms with Crippen LogP contribution >= 0.6 is 27.3 Å². The minimum atomic E-state index is 0.599. The zero-order chi connectivity index (χ0) is 13.7. The Morgan fingerprint density at radius 3 is 3.11 bits per heavy atom. The summed E-state index contributed by atoms with van der Waals surface area (Å²) in [7, 11) is 2.20. The molecule has 2 atom stereocenters. The lowest BCUT2D eigenvalue weighted by atomic mass is 9.95. The van der Waals surface area contributed by atoms with Gasteiger partial charge in [0.25, 0.3) is 0 Å². The molecule has 0 radical (unpaired) electrons. The summed E-state index contributed by atoms with van der Waals surface area (Å²) in [5.74, 6) is 0.599. The van der Waals surface area contributed by atoms with Crippen molar-refractivity contribution in [3.8, 4) is 0 Å². The van der Waals surface area contributed by atoms with Crippen molar-refractivity contribution in [2.45, 2.75) is 25.9 Å². The standard InChI is InChI=1S/C14H23BrN2OS/c1-3-16-14-4-5-18-9-11(14)7-17(2)8-13-6-12(15)10-19-13/h6,10-11,14,16H,3-5,7-9H2,1-2H3. The van der Waals surface area contributed by atoms with E-state index < -0.39 is 0 Å². The number of nitrogens with zero attached hydrogens (tertiary/aromatic N) is 1. The van der Waals surface area contributed by atoms with E-state index in [1.54, 1.807) is 0 Å². The molecule has 1 N–H and O–H groups in total. The molecule has 1 saturated heterocycles. The van der Waals surface area contributed by atoms with Crippen LogP contribution in [0.5, 0.6) is 0 Å². The van der Waals surface area contributed by atoms with Crippen molar-refractivity contribution >= 4 is 27.3 Å². The van der Waals surface area contributed by atoms with Crippen molar-refractivity contribution in [2.24, 2.45) is 5.92 Å². The molecule has 0 saturated carbocycles. The Labute approximate surface area is 128 Å². The van der Waals surface area contributed by atoms with E-state index in [2.05, 4.69) is 51.6 Å². The molecular weight excluding hydrogens is 324 g/mol. The highest BCUT2D eigenvalue weighted by atomic mass is 79.9. The fourth-order valence-corrected chi connectivity index (χ4v) is 4.21. The van der Waals surface area contributed by atoms with Crippen LogP contribution in [-0.2, 0) is 11.3 Å². The quantitative estimate of drug-likeness (QED) is 0.856. The van der Waals surface area contributed by atoms with Crippen LogP contribution in [-0.4, -0.2) is 44.3 Å². The average molecular weight is 347 g/mol. The molecule has 1 aromatic heterocycles. The van der Waals surface area contributed by atoms with Gasteiger partial charge in [0.2, 0.25) is 0 Å². The van der Waals surface area contributed by atoms with Crippen LogP contribution in [0.2, 0.25) is 0 Å². The number of thiophene rings is 1. The maximum Gasteiger partial charge on any atom is 0.0521 e.